The number of ketones is 1. The molecule has 1 saturated heterocycles. The molecule has 0 aliphatic carbocycles. The minimum absolute atomic E-state index is 0.0305. The summed E-state index contributed by atoms with van der Waals surface area (Å²) >= 11 is 1.23. The minimum Gasteiger partial charge on any atom is -0.507 e. The van der Waals surface area contributed by atoms with Gasteiger partial charge in [-0.15, -0.1) is 10.2 Å². The fraction of sp³-hybridized carbons (Fsp3) is 0.200. The number of amides is 1. The molecule has 0 spiro atoms. The van der Waals surface area contributed by atoms with Gasteiger partial charge in [0.05, 0.1) is 11.8 Å². The number of rotatable bonds is 4. The molecule has 8 heteroatoms. The Morgan fingerprint density at radius 2 is 1.96 bits per heavy atom. The number of nitrogens with zero attached hydrogens (tertiary/aromatic N) is 3. The van der Waals surface area contributed by atoms with Gasteiger partial charge in [0.1, 0.15) is 22.6 Å². The zero-order chi connectivity index (χ0) is 19.8. The Hall–Kier alpha value is -3.26. The Bertz CT molecular complexity index is 1070. The van der Waals surface area contributed by atoms with E-state index >= 15 is 0 Å². The van der Waals surface area contributed by atoms with Crippen LogP contribution in [-0.4, -0.2) is 27.0 Å². The lowest BCUT2D eigenvalue weighted by molar-refractivity contribution is -0.132. The normalized spacial score (nSPS) is 18.8. The van der Waals surface area contributed by atoms with E-state index in [0.29, 0.717) is 22.9 Å². The van der Waals surface area contributed by atoms with Crippen molar-refractivity contribution in [2.45, 2.75) is 26.3 Å². The van der Waals surface area contributed by atoms with Crippen molar-refractivity contribution in [1.29, 1.82) is 0 Å². The summed E-state index contributed by atoms with van der Waals surface area (Å²) in [6, 6.07) is 9.48. The molecule has 1 aromatic carbocycles. The topological polar surface area (TPSA) is 96.5 Å². The van der Waals surface area contributed by atoms with E-state index in [1.54, 1.807) is 24.3 Å². The molecule has 1 N–H and O–H groups in total. The maximum absolute atomic E-state index is 12.9. The van der Waals surface area contributed by atoms with Crippen LogP contribution in [0.1, 0.15) is 34.9 Å². The van der Waals surface area contributed by atoms with E-state index in [0.717, 1.165) is 10.6 Å². The SMILES string of the molecule is CCc1nnc(N2C(=O)C(=O)/C(=C(/O)c3ccc(C)cc3)C2c2ccco2)s1. The molecule has 7 nitrogen and oxygen atoms in total. The van der Waals surface area contributed by atoms with Gasteiger partial charge in [0.15, 0.2) is 0 Å². The van der Waals surface area contributed by atoms with Crippen LogP contribution in [-0.2, 0) is 16.0 Å². The summed E-state index contributed by atoms with van der Waals surface area (Å²) in [6.45, 7) is 3.85. The van der Waals surface area contributed by atoms with Gasteiger partial charge in [0.25, 0.3) is 5.78 Å². The van der Waals surface area contributed by atoms with E-state index < -0.39 is 17.7 Å². The average molecular weight is 395 g/mol. The van der Waals surface area contributed by atoms with Crippen molar-refractivity contribution in [2.75, 3.05) is 4.90 Å². The molecule has 3 aromatic rings. The van der Waals surface area contributed by atoms with E-state index in [1.165, 1.54) is 22.5 Å². The Labute approximate surface area is 164 Å². The van der Waals surface area contributed by atoms with Crippen molar-refractivity contribution in [3.63, 3.8) is 0 Å². The number of anilines is 1. The Morgan fingerprint density at radius 3 is 2.57 bits per heavy atom. The number of aryl methyl sites for hydroxylation is 2. The molecule has 1 atom stereocenters. The maximum Gasteiger partial charge on any atom is 0.302 e. The molecule has 1 amide bonds. The summed E-state index contributed by atoms with van der Waals surface area (Å²) in [5, 5.41) is 20.0. The summed E-state index contributed by atoms with van der Waals surface area (Å²) in [4.78, 5) is 26.9. The van der Waals surface area contributed by atoms with Crippen molar-refractivity contribution >= 4 is 33.9 Å². The molecule has 1 fully saturated rings. The van der Waals surface area contributed by atoms with Crippen LogP contribution < -0.4 is 4.90 Å². The molecule has 1 aliphatic heterocycles. The molecule has 28 heavy (non-hydrogen) atoms. The van der Waals surface area contributed by atoms with Gasteiger partial charge >= 0.3 is 5.91 Å². The number of hydrogen-bond donors (Lipinski definition) is 1. The molecule has 4 rings (SSSR count). The van der Waals surface area contributed by atoms with E-state index in [4.69, 9.17) is 4.42 Å². The van der Waals surface area contributed by atoms with Crippen LogP contribution in [0, 0.1) is 6.92 Å². The fourth-order valence-corrected chi connectivity index (χ4v) is 3.90. The van der Waals surface area contributed by atoms with Crippen molar-refractivity contribution in [3.05, 3.63) is 70.1 Å². The second-order valence-electron chi connectivity index (χ2n) is 6.38. The van der Waals surface area contributed by atoms with Crippen LogP contribution >= 0.6 is 11.3 Å². The molecule has 142 valence electrons. The Morgan fingerprint density at radius 1 is 1.21 bits per heavy atom. The predicted molar refractivity (Wildman–Crippen MR) is 104 cm³/mol. The quantitative estimate of drug-likeness (QED) is 0.412. The highest BCUT2D eigenvalue weighted by atomic mass is 32.1. The van der Waals surface area contributed by atoms with Crippen molar-refractivity contribution in [3.8, 4) is 0 Å². The van der Waals surface area contributed by atoms with Crippen LogP contribution in [0.15, 0.2) is 52.7 Å². The van der Waals surface area contributed by atoms with Gasteiger partial charge in [-0.3, -0.25) is 14.5 Å². The minimum atomic E-state index is -0.908. The molecular formula is C20H17N3O4S. The van der Waals surface area contributed by atoms with Gasteiger partial charge in [0, 0.05) is 5.56 Å². The summed E-state index contributed by atoms with van der Waals surface area (Å²) in [5.41, 5.74) is 1.43. The van der Waals surface area contributed by atoms with Crippen molar-refractivity contribution in [1.82, 2.24) is 10.2 Å². The zero-order valence-corrected chi connectivity index (χ0v) is 16.1. The maximum atomic E-state index is 12.9. The number of hydrogen-bond acceptors (Lipinski definition) is 7. The molecule has 3 heterocycles. The van der Waals surface area contributed by atoms with Crippen LogP contribution in [0.2, 0.25) is 0 Å². The van der Waals surface area contributed by atoms with Gasteiger partial charge < -0.3 is 9.52 Å². The number of aliphatic hydroxyl groups excluding tert-OH is 1. The third-order valence-corrected chi connectivity index (χ3v) is 5.61. The second kappa shape index (κ2) is 7.05. The highest BCUT2D eigenvalue weighted by Crippen LogP contribution is 2.43. The van der Waals surface area contributed by atoms with Gasteiger partial charge in [-0.25, -0.2) is 0 Å². The predicted octanol–water partition coefficient (Wildman–Crippen LogP) is 3.63. The van der Waals surface area contributed by atoms with Crippen LogP contribution in [0.3, 0.4) is 0 Å². The highest BCUT2D eigenvalue weighted by Gasteiger charge is 2.49. The molecule has 0 saturated carbocycles. The van der Waals surface area contributed by atoms with Gasteiger partial charge in [-0.2, -0.15) is 0 Å². The van der Waals surface area contributed by atoms with Crippen molar-refractivity contribution in [2.24, 2.45) is 0 Å². The third kappa shape index (κ3) is 2.91. The first kappa shape index (κ1) is 18.1. The Balaban J connectivity index is 1.90. The number of aliphatic hydroxyl groups is 1. The highest BCUT2D eigenvalue weighted by molar-refractivity contribution is 7.15. The first-order valence-electron chi connectivity index (χ1n) is 8.75. The molecule has 0 bridgehead atoms. The summed E-state index contributed by atoms with van der Waals surface area (Å²) in [6.07, 6.45) is 2.12. The molecule has 0 radical (unpaired) electrons. The van der Waals surface area contributed by atoms with Crippen LogP contribution in [0.4, 0.5) is 5.13 Å². The standard InChI is InChI=1S/C20H17N3O4S/c1-3-14-21-22-20(28-14)23-16(13-5-4-10-27-13)15(18(25)19(23)26)17(24)12-8-6-11(2)7-9-12/h4-10,16,24H,3H2,1-2H3/b17-15+. The first-order chi connectivity index (χ1) is 13.5. The first-order valence-corrected chi connectivity index (χ1v) is 9.56. The van der Waals surface area contributed by atoms with Crippen LogP contribution in [0.5, 0.6) is 0 Å². The number of Topliss-reactive ketones (excluding diaryl/α,β-unsaturated/α-hetero) is 1. The second-order valence-corrected chi connectivity index (χ2v) is 7.42. The fourth-order valence-electron chi connectivity index (χ4n) is 3.10. The largest absolute Gasteiger partial charge is 0.507 e. The summed E-state index contributed by atoms with van der Waals surface area (Å²) < 4.78 is 5.50. The van der Waals surface area contributed by atoms with Gasteiger partial charge in [-0.1, -0.05) is 48.1 Å². The van der Waals surface area contributed by atoms with Gasteiger partial charge in [-0.05, 0) is 25.5 Å². The number of carbonyl (C=O) groups is 2. The smallest absolute Gasteiger partial charge is 0.302 e. The number of furan rings is 1. The van der Waals surface area contributed by atoms with E-state index in [-0.39, 0.29) is 11.3 Å². The zero-order valence-electron chi connectivity index (χ0n) is 15.2. The van der Waals surface area contributed by atoms with Crippen molar-refractivity contribution < 1.29 is 19.1 Å². The summed E-state index contributed by atoms with van der Waals surface area (Å²) in [5.74, 6) is -1.44. The lowest BCUT2D eigenvalue weighted by Crippen LogP contribution is -2.29. The van der Waals surface area contributed by atoms with Crippen LogP contribution in [0.25, 0.3) is 5.76 Å². The monoisotopic (exact) mass is 395 g/mol. The Kier molecular flexibility index (Phi) is 4.56. The average Bonchev–Trinajstić information content (AvgIpc) is 3.42. The number of benzene rings is 1. The van der Waals surface area contributed by atoms with E-state index in [1.807, 2.05) is 26.0 Å². The van der Waals surface area contributed by atoms with E-state index in [2.05, 4.69) is 10.2 Å². The van der Waals surface area contributed by atoms with E-state index in [9.17, 15) is 14.7 Å². The lowest BCUT2D eigenvalue weighted by atomic mass is 9.99. The van der Waals surface area contributed by atoms with Gasteiger partial charge in [0.2, 0.25) is 5.13 Å². The molecular weight excluding hydrogens is 378 g/mol. The number of aromatic nitrogens is 2. The lowest BCUT2D eigenvalue weighted by Gasteiger charge is -2.20. The molecule has 1 aliphatic rings. The summed E-state index contributed by atoms with van der Waals surface area (Å²) in [7, 11) is 0. The molecule has 1 unspecified atom stereocenters. The number of carbonyl (C=O) groups excluding carboxylic acids is 2. The molecule has 2 aromatic heterocycles. The third-order valence-electron chi connectivity index (χ3n) is 4.55.